The second-order valence-electron chi connectivity index (χ2n) is 28.6. The van der Waals surface area contributed by atoms with Gasteiger partial charge in [-0.15, -0.1) is 0 Å². The van der Waals surface area contributed by atoms with Gasteiger partial charge in [0, 0.05) is 92.0 Å². The highest BCUT2D eigenvalue weighted by Crippen LogP contribution is 2.41. The number of pyridine rings is 4. The molecule has 442 valence electrons. The van der Waals surface area contributed by atoms with E-state index >= 15 is 0 Å². The Balaban J connectivity index is 1.10. The molecule has 0 atom stereocenters. The number of fused-ring (bicyclic) bond motifs is 12. The van der Waals surface area contributed by atoms with Crippen molar-refractivity contribution in [1.82, 2.24) is 39.9 Å². The van der Waals surface area contributed by atoms with E-state index in [0.717, 1.165) is 182 Å². The average Bonchev–Trinajstić information content (AvgIpc) is 1.85. The molecule has 13 rings (SSSR count). The smallest absolute Gasteiger partial charge is 0.126 e. The fraction of sp³-hybridized carbons (Fsp3) is 0.263. The molecule has 0 amide bonds. The first-order chi connectivity index (χ1) is 42.0. The van der Waals surface area contributed by atoms with Crippen molar-refractivity contribution in [3.63, 3.8) is 0 Å². The Hall–Kier alpha value is -9.68. The van der Waals surface area contributed by atoms with Crippen molar-refractivity contribution in [1.29, 1.82) is 0 Å². The minimum absolute atomic E-state index is 0.0760. The van der Waals surface area contributed by atoms with Crippen LogP contribution >= 0.6 is 0 Å². The Labute approximate surface area is 515 Å². The maximum absolute atomic E-state index is 5.71. The van der Waals surface area contributed by atoms with E-state index in [1.54, 1.807) is 0 Å². The summed E-state index contributed by atoms with van der Waals surface area (Å²) in [6, 6.07) is 51.8. The number of aromatic nitrogens is 8. The van der Waals surface area contributed by atoms with Gasteiger partial charge in [0.2, 0.25) is 0 Å². The molecule has 11 aromatic rings. The fourth-order valence-corrected chi connectivity index (χ4v) is 11.3. The molecule has 0 unspecified atom stereocenters. The van der Waals surface area contributed by atoms with Crippen molar-refractivity contribution in [2.75, 3.05) is 47.4 Å². The molecule has 0 fully saturated rings. The summed E-state index contributed by atoms with van der Waals surface area (Å²) < 4.78 is 0. The van der Waals surface area contributed by atoms with Crippen LogP contribution in [0.1, 0.15) is 106 Å². The highest BCUT2D eigenvalue weighted by atomic mass is 15.0. The first-order valence-corrected chi connectivity index (χ1v) is 30.7. The molecule has 0 saturated carbocycles. The number of nitrogens with zero attached hydrogens (tertiary/aromatic N) is 6. The number of rotatable bonds is 12. The van der Waals surface area contributed by atoms with Crippen molar-refractivity contribution in [2.45, 2.75) is 83.1 Å². The van der Waals surface area contributed by atoms with Gasteiger partial charge in [0.25, 0.3) is 0 Å². The van der Waals surface area contributed by atoms with Crippen molar-refractivity contribution in [3.05, 3.63) is 168 Å². The lowest BCUT2D eigenvalue weighted by Crippen LogP contribution is -2.19. The molecule has 12 heteroatoms. The van der Waals surface area contributed by atoms with E-state index in [1.807, 2.05) is 0 Å². The van der Waals surface area contributed by atoms with E-state index in [1.165, 1.54) is 0 Å². The zero-order chi connectivity index (χ0) is 61.3. The Morgan fingerprint density at radius 3 is 0.705 bits per heavy atom. The van der Waals surface area contributed by atoms with Gasteiger partial charge < -0.3 is 31.2 Å². The molecule has 2 aliphatic heterocycles. The van der Waals surface area contributed by atoms with Crippen LogP contribution in [0.2, 0.25) is 0 Å². The van der Waals surface area contributed by atoms with Gasteiger partial charge in [0.1, 0.15) is 23.3 Å². The predicted octanol–water partition coefficient (Wildman–Crippen LogP) is 19.3. The van der Waals surface area contributed by atoms with E-state index in [0.29, 0.717) is 0 Å². The van der Waals surface area contributed by atoms with E-state index in [2.05, 4.69) is 284 Å². The number of aromatic amines is 2. The second kappa shape index (κ2) is 22.2. The van der Waals surface area contributed by atoms with Crippen LogP contribution in [0.3, 0.4) is 0 Å². The average molecular weight is 1160 g/mol. The Morgan fingerprint density at radius 1 is 0.273 bits per heavy atom. The molecular weight excluding hydrogens is 1080 g/mol. The number of H-pyrrole nitrogens is 2. The number of anilines is 4. The standard InChI is InChI=1S/C76H78N12/c1-73(2,3)41-77-65-33-21-45-13-17-49(37-61(45)85-65)69-53-25-27-55(81-53)70(50-18-14-46-22-34-66(86-62(46)38-50)78-42-74(4,5)6)57-29-31-59(83-57)72(52-20-16-48-24-36-68(88-64(48)40-52)80-44-76(10,11)12)60-32-30-58(84-60)71(56-28-26-54(69)82-56)51-19-15-47-23-35-67(87-63(47)39-51)79-43-75(7,8)9/h13-40,81,84H,41-44H2,1-12H3,(H,77,85)(H,78,86)(H,79,87)(H,80,88). The van der Waals surface area contributed by atoms with Crippen LogP contribution in [-0.4, -0.2) is 66.1 Å². The summed E-state index contributed by atoms with van der Waals surface area (Å²) in [7, 11) is 0. The third-order valence-electron chi connectivity index (χ3n) is 15.9. The second-order valence-corrected chi connectivity index (χ2v) is 28.6. The number of nitrogens with one attached hydrogen (secondary N) is 6. The third-order valence-corrected chi connectivity index (χ3v) is 15.9. The van der Waals surface area contributed by atoms with Crippen LogP contribution in [0.15, 0.2) is 146 Å². The molecule has 0 spiro atoms. The molecule has 0 saturated heterocycles. The number of hydrogen-bond acceptors (Lipinski definition) is 10. The SMILES string of the molecule is CC(C)(C)CNc1ccc2ccc(-c3c4nc(c(-c5ccc6ccc(NCC(C)(C)C)nc6c5)c5ccc([nH]5)c(-c5ccc6ccc(NCC(C)(C)C)nc6c5)c5nc(c(-c6ccc7ccc(NCC(C)(C)C)nc7c6)c6ccc3[nH]6)C=C5)C=C4)cc2n1. The summed E-state index contributed by atoms with van der Waals surface area (Å²) in [5.74, 6) is 3.35. The topological polar surface area (TPSA) is 157 Å². The van der Waals surface area contributed by atoms with Gasteiger partial charge in [0.05, 0.1) is 44.8 Å². The summed E-state index contributed by atoms with van der Waals surface area (Å²) in [5, 5.41) is 18.6. The molecule has 88 heavy (non-hydrogen) atoms. The molecular formula is C76H78N12. The Bertz CT molecular complexity index is 4200. The minimum atomic E-state index is 0.0760. The van der Waals surface area contributed by atoms with Gasteiger partial charge in [-0.05, 0) is 165 Å². The van der Waals surface area contributed by atoms with Gasteiger partial charge >= 0.3 is 0 Å². The zero-order valence-electron chi connectivity index (χ0n) is 52.7. The molecule has 0 radical (unpaired) electrons. The first-order valence-electron chi connectivity index (χ1n) is 30.7. The molecule has 2 aliphatic rings. The van der Waals surface area contributed by atoms with Crippen molar-refractivity contribution < 1.29 is 0 Å². The number of benzene rings is 4. The van der Waals surface area contributed by atoms with Crippen molar-refractivity contribution in [3.8, 4) is 44.5 Å². The van der Waals surface area contributed by atoms with Gasteiger partial charge in [-0.2, -0.15) is 0 Å². The highest BCUT2D eigenvalue weighted by Gasteiger charge is 2.22. The molecule has 6 N–H and O–H groups in total. The summed E-state index contributed by atoms with van der Waals surface area (Å²) >= 11 is 0. The van der Waals surface area contributed by atoms with Crippen LogP contribution in [0.4, 0.5) is 23.3 Å². The normalized spacial score (nSPS) is 12.9. The molecule has 0 aliphatic carbocycles. The quantitative estimate of drug-likeness (QED) is 0.0696. The molecule has 7 aromatic heterocycles. The van der Waals surface area contributed by atoms with Crippen LogP contribution in [0.5, 0.6) is 0 Å². The van der Waals surface area contributed by atoms with Crippen LogP contribution in [-0.2, 0) is 0 Å². The first kappa shape index (κ1) is 57.4. The highest BCUT2D eigenvalue weighted by molar-refractivity contribution is 6.03. The Morgan fingerprint density at radius 2 is 0.489 bits per heavy atom. The summed E-state index contributed by atoms with van der Waals surface area (Å²) in [5.41, 5.74) is 18.3. The molecule has 4 aromatic carbocycles. The van der Waals surface area contributed by atoms with Crippen molar-refractivity contribution in [2.24, 2.45) is 21.7 Å². The summed E-state index contributed by atoms with van der Waals surface area (Å²) in [4.78, 5) is 40.2. The van der Waals surface area contributed by atoms with Crippen molar-refractivity contribution >= 4 is 113 Å². The molecule has 9 heterocycles. The molecule has 8 bridgehead atoms. The predicted molar refractivity (Wildman–Crippen MR) is 374 cm³/mol. The zero-order valence-corrected chi connectivity index (χ0v) is 52.7. The lowest BCUT2D eigenvalue weighted by molar-refractivity contribution is 0.442. The maximum Gasteiger partial charge on any atom is 0.126 e. The van der Waals surface area contributed by atoms with E-state index in [4.69, 9.17) is 29.9 Å². The van der Waals surface area contributed by atoms with E-state index in [-0.39, 0.29) is 21.7 Å². The lowest BCUT2D eigenvalue weighted by atomic mass is 9.97. The van der Waals surface area contributed by atoms with Crippen LogP contribution in [0.25, 0.3) is 134 Å². The third kappa shape index (κ3) is 12.5. The largest absolute Gasteiger partial charge is 0.370 e. The monoisotopic (exact) mass is 1160 g/mol. The maximum atomic E-state index is 5.71. The number of hydrogen-bond donors (Lipinski definition) is 6. The van der Waals surface area contributed by atoms with E-state index in [9.17, 15) is 0 Å². The van der Waals surface area contributed by atoms with Gasteiger partial charge in [-0.3, -0.25) is 0 Å². The van der Waals surface area contributed by atoms with E-state index < -0.39 is 0 Å². The minimum Gasteiger partial charge on any atom is -0.370 e. The van der Waals surface area contributed by atoms with Gasteiger partial charge in [-0.1, -0.05) is 132 Å². The van der Waals surface area contributed by atoms with Crippen LogP contribution in [0, 0.1) is 21.7 Å². The fourth-order valence-electron chi connectivity index (χ4n) is 11.3. The van der Waals surface area contributed by atoms with Crippen LogP contribution < -0.4 is 21.3 Å². The summed E-state index contributed by atoms with van der Waals surface area (Å²) in [6.45, 7) is 29.9. The molecule has 12 nitrogen and oxygen atoms in total. The van der Waals surface area contributed by atoms with Gasteiger partial charge in [0.15, 0.2) is 0 Å². The lowest BCUT2D eigenvalue weighted by Gasteiger charge is -2.19. The summed E-state index contributed by atoms with van der Waals surface area (Å²) in [6.07, 6.45) is 8.61. The van der Waals surface area contributed by atoms with Gasteiger partial charge in [-0.25, -0.2) is 29.9 Å². The Kier molecular flexibility index (Phi) is 14.5.